The Morgan fingerprint density at radius 3 is 2.52 bits per heavy atom. The molecule has 172 valence electrons. The highest BCUT2D eigenvalue weighted by Gasteiger charge is 2.28. The lowest BCUT2D eigenvalue weighted by Crippen LogP contribution is -2.48. The third-order valence-electron chi connectivity index (χ3n) is 6.36. The molecule has 8 heteroatoms. The van der Waals surface area contributed by atoms with Crippen molar-refractivity contribution < 1.29 is 14.5 Å². The smallest absolute Gasteiger partial charge is 0.270 e. The lowest BCUT2D eigenvalue weighted by molar-refractivity contribution is -0.384. The number of rotatable bonds is 7. The maximum absolute atomic E-state index is 13.1. The average molecular weight is 449 g/mol. The van der Waals surface area contributed by atoms with E-state index in [0.717, 1.165) is 35.7 Å². The molecular weight excluding hydrogens is 420 g/mol. The number of nitro groups is 1. The number of amides is 2. The van der Waals surface area contributed by atoms with Gasteiger partial charge >= 0.3 is 0 Å². The van der Waals surface area contributed by atoms with Crippen LogP contribution in [0.4, 0.5) is 5.69 Å². The number of aromatic nitrogens is 1. The SMILES string of the molecule is CCC(C(=O)N1CCC(NC(=O)Cn2ccc3cc([N+](=O)[O-])ccc32)CC1)c1ccccc1. The monoisotopic (exact) mass is 448 g/mol. The number of nitrogens with zero attached hydrogens (tertiary/aromatic N) is 3. The Balaban J connectivity index is 1.31. The molecule has 0 radical (unpaired) electrons. The second kappa shape index (κ2) is 9.85. The Kier molecular flexibility index (Phi) is 6.72. The van der Waals surface area contributed by atoms with E-state index in [1.165, 1.54) is 12.1 Å². The quantitative estimate of drug-likeness (QED) is 0.438. The standard InChI is InChI=1S/C25H28N4O4/c1-2-22(18-6-4-3-5-7-18)25(31)27-14-11-20(12-15-27)26-24(30)17-28-13-10-19-16-21(29(32)33)8-9-23(19)28/h3-10,13,16,20,22H,2,11-12,14-15,17H2,1H3,(H,26,30). The van der Waals surface area contributed by atoms with E-state index in [9.17, 15) is 19.7 Å². The first-order valence-electron chi connectivity index (χ1n) is 11.3. The summed E-state index contributed by atoms with van der Waals surface area (Å²) < 4.78 is 1.79. The van der Waals surface area contributed by atoms with E-state index < -0.39 is 4.92 Å². The van der Waals surface area contributed by atoms with Crippen LogP contribution < -0.4 is 5.32 Å². The Hall–Kier alpha value is -3.68. The minimum Gasteiger partial charge on any atom is -0.352 e. The molecule has 2 amide bonds. The Morgan fingerprint density at radius 2 is 1.85 bits per heavy atom. The van der Waals surface area contributed by atoms with Gasteiger partial charge in [0.2, 0.25) is 11.8 Å². The van der Waals surface area contributed by atoms with Crippen LogP contribution >= 0.6 is 0 Å². The summed E-state index contributed by atoms with van der Waals surface area (Å²) in [7, 11) is 0. The molecule has 3 aromatic rings. The molecule has 1 unspecified atom stereocenters. The van der Waals surface area contributed by atoms with Crippen LogP contribution in [0, 0.1) is 10.1 Å². The topological polar surface area (TPSA) is 97.5 Å². The number of hydrogen-bond donors (Lipinski definition) is 1. The van der Waals surface area contributed by atoms with Gasteiger partial charge in [-0.05, 0) is 37.0 Å². The molecule has 2 aromatic carbocycles. The van der Waals surface area contributed by atoms with E-state index in [2.05, 4.69) is 5.32 Å². The van der Waals surface area contributed by atoms with E-state index >= 15 is 0 Å². The Bertz CT molecular complexity index is 1150. The zero-order valence-electron chi connectivity index (χ0n) is 18.6. The predicted molar refractivity (Wildman–Crippen MR) is 126 cm³/mol. The van der Waals surface area contributed by atoms with Crippen LogP contribution in [0.3, 0.4) is 0 Å². The van der Waals surface area contributed by atoms with E-state index in [0.29, 0.717) is 13.1 Å². The molecule has 0 bridgehead atoms. The first-order valence-corrected chi connectivity index (χ1v) is 11.3. The third-order valence-corrected chi connectivity index (χ3v) is 6.36. The molecule has 1 atom stereocenters. The molecule has 1 aliphatic heterocycles. The van der Waals surface area contributed by atoms with Crippen LogP contribution in [-0.4, -0.2) is 45.3 Å². The van der Waals surface area contributed by atoms with Gasteiger partial charge in [0.25, 0.3) is 5.69 Å². The zero-order valence-corrected chi connectivity index (χ0v) is 18.6. The van der Waals surface area contributed by atoms with Crippen molar-refractivity contribution in [1.29, 1.82) is 0 Å². The molecular formula is C25H28N4O4. The first-order chi connectivity index (χ1) is 16.0. The van der Waals surface area contributed by atoms with Gasteiger partial charge in [0.1, 0.15) is 6.54 Å². The number of benzene rings is 2. The summed E-state index contributed by atoms with van der Waals surface area (Å²) in [5.74, 6) is -0.0806. The van der Waals surface area contributed by atoms with Gasteiger partial charge in [-0.1, -0.05) is 37.3 Å². The van der Waals surface area contributed by atoms with Crippen molar-refractivity contribution in [2.45, 2.75) is 44.7 Å². The molecule has 33 heavy (non-hydrogen) atoms. The molecule has 2 heterocycles. The molecule has 0 saturated carbocycles. The van der Waals surface area contributed by atoms with E-state index in [1.54, 1.807) is 22.9 Å². The summed E-state index contributed by atoms with van der Waals surface area (Å²) in [5, 5.41) is 14.8. The third kappa shape index (κ3) is 5.05. The van der Waals surface area contributed by atoms with Gasteiger partial charge in [-0.3, -0.25) is 19.7 Å². The van der Waals surface area contributed by atoms with E-state index in [-0.39, 0.29) is 36.0 Å². The van der Waals surface area contributed by atoms with Crippen LogP contribution in [0.25, 0.3) is 10.9 Å². The molecule has 4 rings (SSSR count). The predicted octanol–water partition coefficient (Wildman–Crippen LogP) is 3.85. The van der Waals surface area contributed by atoms with Crippen LogP contribution in [0.5, 0.6) is 0 Å². The maximum atomic E-state index is 13.1. The fraction of sp³-hybridized carbons (Fsp3) is 0.360. The van der Waals surface area contributed by atoms with Gasteiger partial charge in [0.15, 0.2) is 0 Å². The molecule has 8 nitrogen and oxygen atoms in total. The van der Waals surface area contributed by atoms with E-state index in [1.807, 2.05) is 42.2 Å². The van der Waals surface area contributed by atoms with Crippen molar-refractivity contribution in [2.24, 2.45) is 0 Å². The normalized spacial score (nSPS) is 15.4. The number of carbonyl (C=O) groups excluding carboxylic acids is 2. The van der Waals surface area contributed by atoms with Gasteiger partial charge in [0, 0.05) is 48.4 Å². The van der Waals surface area contributed by atoms with E-state index in [4.69, 9.17) is 0 Å². The molecule has 0 aliphatic carbocycles. The van der Waals surface area contributed by atoms with Crippen LogP contribution in [0.1, 0.15) is 37.7 Å². The zero-order chi connectivity index (χ0) is 23.4. The molecule has 1 fully saturated rings. The number of fused-ring (bicyclic) bond motifs is 1. The lowest BCUT2D eigenvalue weighted by Gasteiger charge is -2.34. The van der Waals surface area contributed by atoms with Gasteiger partial charge in [-0.25, -0.2) is 0 Å². The largest absolute Gasteiger partial charge is 0.352 e. The Morgan fingerprint density at radius 1 is 1.12 bits per heavy atom. The molecule has 1 saturated heterocycles. The second-order valence-corrected chi connectivity index (χ2v) is 8.48. The summed E-state index contributed by atoms with van der Waals surface area (Å²) in [5.41, 5.74) is 1.86. The van der Waals surface area contributed by atoms with Crippen LogP contribution in [-0.2, 0) is 16.1 Å². The summed E-state index contributed by atoms with van der Waals surface area (Å²) in [6.07, 6.45) is 3.97. The highest BCUT2D eigenvalue weighted by Crippen LogP contribution is 2.24. The molecule has 1 N–H and O–H groups in total. The highest BCUT2D eigenvalue weighted by molar-refractivity contribution is 5.85. The van der Waals surface area contributed by atoms with Gasteiger partial charge in [-0.15, -0.1) is 0 Å². The summed E-state index contributed by atoms with van der Waals surface area (Å²) in [4.78, 5) is 38.1. The lowest BCUT2D eigenvalue weighted by atomic mass is 9.93. The van der Waals surface area contributed by atoms with Crippen molar-refractivity contribution >= 4 is 28.4 Å². The van der Waals surface area contributed by atoms with Crippen molar-refractivity contribution in [1.82, 2.24) is 14.8 Å². The van der Waals surface area contributed by atoms with Crippen LogP contribution in [0.2, 0.25) is 0 Å². The number of hydrogen-bond acceptors (Lipinski definition) is 4. The van der Waals surface area contributed by atoms with Crippen molar-refractivity contribution in [2.75, 3.05) is 13.1 Å². The van der Waals surface area contributed by atoms with Crippen molar-refractivity contribution in [3.05, 3.63) is 76.5 Å². The van der Waals surface area contributed by atoms with Gasteiger partial charge < -0.3 is 14.8 Å². The number of non-ortho nitro benzene ring substituents is 1. The minimum absolute atomic E-state index is 0.0289. The number of nitro benzene ring substituents is 1. The maximum Gasteiger partial charge on any atom is 0.270 e. The second-order valence-electron chi connectivity index (χ2n) is 8.48. The average Bonchev–Trinajstić information content (AvgIpc) is 3.22. The number of likely N-dealkylation sites (tertiary alicyclic amines) is 1. The minimum atomic E-state index is -0.427. The summed E-state index contributed by atoms with van der Waals surface area (Å²) in [6.45, 7) is 3.44. The van der Waals surface area contributed by atoms with Gasteiger partial charge in [-0.2, -0.15) is 0 Å². The molecule has 0 spiro atoms. The highest BCUT2D eigenvalue weighted by atomic mass is 16.6. The van der Waals surface area contributed by atoms with Crippen molar-refractivity contribution in [3.63, 3.8) is 0 Å². The summed E-state index contributed by atoms with van der Waals surface area (Å²) in [6, 6.07) is 16.3. The van der Waals surface area contributed by atoms with Gasteiger partial charge in [0.05, 0.1) is 10.8 Å². The number of nitrogens with one attached hydrogen (secondary N) is 1. The first kappa shape index (κ1) is 22.5. The van der Waals surface area contributed by atoms with Crippen LogP contribution in [0.15, 0.2) is 60.8 Å². The fourth-order valence-electron chi connectivity index (χ4n) is 4.57. The molecule has 1 aromatic heterocycles. The fourth-order valence-corrected chi connectivity index (χ4v) is 4.57. The number of carbonyl (C=O) groups is 2. The Labute approximate surface area is 192 Å². The molecule has 1 aliphatic rings. The number of piperidine rings is 1. The van der Waals surface area contributed by atoms with Crippen molar-refractivity contribution in [3.8, 4) is 0 Å². The summed E-state index contributed by atoms with van der Waals surface area (Å²) >= 11 is 0.